The van der Waals surface area contributed by atoms with Crippen LogP contribution in [-0.4, -0.2) is 10.5 Å². The molecule has 0 unspecified atom stereocenters. The van der Waals surface area contributed by atoms with Crippen molar-refractivity contribution in [2.45, 2.75) is 25.8 Å². The van der Waals surface area contributed by atoms with E-state index in [-0.39, 0.29) is 11.5 Å². The van der Waals surface area contributed by atoms with Gasteiger partial charge in [0.05, 0.1) is 11.4 Å². The molecule has 0 aliphatic heterocycles. The molecule has 0 saturated carbocycles. The Labute approximate surface area is 123 Å². The van der Waals surface area contributed by atoms with Crippen LogP contribution < -0.4 is 16.6 Å². The summed E-state index contributed by atoms with van der Waals surface area (Å²) in [6.45, 7) is 0.625. The summed E-state index contributed by atoms with van der Waals surface area (Å²) in [4.78, 5) is 23.3. The zero-order chi connectivity index (χ0) is 15.1. The molecule has 0 aliphatic rings. The van der Waals surface area contributed by atoms with Crippen LogP contribution in [0.25, 0.3) is 0 Å². The van der Waals surface area contributed by atoms with E-state index >= 15 is 0 Å². The van der Waals surface area contributed by atoms with Gasteiger partial charge in [-0.2, -0.15) is 0 Å². The number of carbonyl (C=O) groups is 1. The third kappa shape index (κ3) is 4.49. The first-order valence-electron chi connectivity index (χ1n) is 6.96. The number of amides is 1. The van der Waals surface area contributed by atoms with Crippen molar-refractivity contribution in [2.75, 3.05) is 11.1 Å². The fraction of sp³-hybridized carbons (Fsp3) is 0.250. The minimum atomic E-state index is -0.0618. The molecule has 1 aromatic carbocycles. The third-order valence-corrected chi connectivity index (χ3v) is 3.19. The van der Waals surface area contributed by atoms with Gasteiger partial charge in [-0.05, 0) is 31.0 Å². The van der Waals surface area contributed by atoms with E-state index in [1.807, 2.05) is 18.2 Å². The number of carbonyl (C=O) groups excluding carboxylic acids is 1. The number of nitrogens with zero attached hydrogens (tertiary/aromatic N) is 1. The smallest absolute Gasteiger partial charge is 0.250 e. The summed E-state index contributed by atoms with van der Waals surface area (Å²) in [6.07, 6.45) is 3.67. The van der Waals surface area contributed by atoms with Crippen LogP contribution in [-0.2, 0) is 11.3 Å². The van der Waals surface area contributed by atoms with Crippen LogP contribution >= 0.6 is 0 Å². The molecule has 0 atom stereocenters. The Balaban J connectivity index is 1.74. The molecular formula is C16H19N3O2. The zero-order valence-corrected chi connectivity index (χ0v) is 11.8. The van der Waals surface area contributed by atoms with Crippen molar-refractivity contribution in [2.24, 2.45) is 0 Å². The van der Waals surface area contributed by atoms with Gasteiger partial charge in [0.25, 0.3) is 0 Å². The van der Waals surface area contributed by atoms with Crippen molar-refractivity contribution in [1.29, 1.82) is 0 Å². The molecule has 21 heavy (non-hydrogen) atoms. The van der Waals surface area contributed by atoms with Crippen molar-refractivity contribution >= 4 is 17.3 Å². The molecule has 5 nitrogen and oxygen atoms in total. The first-order valence-corrected chi connectivity index (χ1v) is 6.96. The van der Waals surface area contributed by atoms with Gasteiger partial charge < -0.3 is 15.6 Å². The van der Waals surface area contributed by atoms with Gasteiger partial charge >= 0.3 is 0 Å². The second-order valence-corrected chi connectivity index (χ2v) is 4.82. The Morgan fingerprint density at radius 3 is 2.62 bits per heavy atom. The highest BCUT2D eigenvalue weighted by molar-refractivity contribution is 5.93. The first kappa shape index (κ1) is 14.8. The lowest BCUT2D eigenvalue weighted by atomic mass is 10.2. The summed E-state index contributed by atoms with van der Waals surface area (Å²) in [5, 5.41) is 2.79. The lowest BCUT2D eigenvalue weighted by Gasteiger charge is -2.08. The molecule has 0 bridgehead atoms. The fourth-order valence-corrected chi connectivity index (χ4v) is 2.04. The Kier molecular flexibility index (Phi) is 5.15. The highest BCUT2D eigenvalue weighted by Crippen LogP contribution is 2.17. The summed E-state index contributed by atoms with van der Waals surface area (Å²) in [5.74, 6) is -0.0618. The highest BCUT2D eigenvalue weighted by atomic mass is 16.1. The molecule has 0 radical (unpaired) electrons. The predicted molar refractivity (Wildman–Crippen MR) is 84.0 cm³/mol. The maximum absolute atomic E-state index is 11.8. The average molecular weight is 285 g/mol. The van der Waals surface area contributed by atoms with Crippen molar-refractivity contribution in [3.63, 3.8) is 0 Å². The lowest BCUT2D eigenvalue weighted by Crippen LogP contribution is -2.18. The Morgan fingerprint density at radius 2 is 1.86 bits per heavy atom. The van der Waals surface area contributed by atoms with E-state index in [9.17, 15) is 9.59 Å². The van der Waals surface area contributed by atoms with Gasteiger partial charge in [0.1, 0.15) is 0 Å². The van der Waals surface area contributed by atoms with E-state index in [4.69, 9.17) is 5.73 Å². The number of nitrogens with two attached hydrogens (primary N) is 1. The SMILES string of the molecule is Nc1ccccc1NC(=O)CCCCn1ccccc1=O. The summed E-state index contributed by atoms with van der Waals surface area (Å²) < 4.78 is 1.65. The molecule has 3 N–H and O–H groups in total. The second-order valence-electron chi connectivity index (χ2n) is 4.82. The van der Waals surface area contributed by atoms with Crippen LogP contribution in [0.15, 0.2) is 53.5 Å². The zero-order valence-electron chi connectivity index (χ0n) is 11.8. The number of nitrogens with one attached hydrogen (secondary N) is 1. The number of para-hydroxylation sites is 2. The Bertz CT molecular complexity index is 664. The van der Waals surface area contributed by atoms with Gasteiger partial charge in [-0.25, -0.2) is 0 Å². The third-order valence-electron chi connectivity index (χ3n) is 3.19. The topological polar surface area (TPSA) is 77.1 Å². The molecule has 0 spiro atoms. The number of hydrogen-bond donors (Lipinski definition) is 2. The number of unbranched alkanes of at least 4 members (excludes halogenated alkanes) is 1. The predicted octanol–water partition coefficient (Wildman–Crippen LogP) is 2.24. The fourth-order valence-electron chi connectivity index (χ4n) is 2.04. The first-order chi connectivity index (χ1) is 10.2. The van der Waals surface area contributed by atoms with Crippen molar-refractivity contribution in [3.05, 3.63) is 59.0 Å². The molecule has 1 amide bonds. The lowest BCUT2D eigenvalue weighted by molar-refractivity contribution is -0.116. The number of hydrogen-bond acceptors (Lipinski definition) is 3. The van der Waals surface area contributed by atoms with E-state index in [0.717, 1.165) is 12.8 Å². The van der Waals surface area contributed by atoms with E-state index < -0.39 is 0 Å². The van der Waals surface area contributed by atoms with Crippen LogP contribution in [0.1, 0.15) is 19.3 Å². The van der Waals surface area contributed by atoms with Gasteiger partial charge in [0.15, 0.2) is 0 Å². The number of anilines is 2. The normalized spacial score (nSPS) is 10.3. The van der Waals surface area contributed by atoms with Crippen molar-refractivity contribution < 1.29 is 4.79 Å². The minimum Gasteiger partial charge on any atom is -0.397 e. The quantitative estimate of drug-likeness (QED) is 0.631. The molecule has 5 heteroatoms. The molecule has 0 saturated heterocycles. The highest BCUT2D eigenvalue weighted by Gasteiger charge is 2.04. The van der Waals surface area contributed by atoms with Gasteiger partial charge in [0.2, 0.25) is 11.5 Å². The van der Waals surface area contributed by atoms with E-state index in [1.54, 1.807) is 29.0 Å². The van der Waals surface area contributed by atoms with E-state index in [1.165, 1.54) is 6.07 Å². The van der Waals surface area contributed by atoms with Crippen molar-refractivity contribution in [1.82, 2.24) is 4.57 Å². The maximum Gasteiger partial charge on any atom is 0.250 e. The van der Waals surface area contributed by atoms with E-state index in [2.05, 4.69) is 5.32 Å². The Hall–Kier alpha value is -2.56. The van der Waals surface area contributed by atoms with Crippen LogP contribution in [0.4, 0.5) is 11.4 Å². The van der Waals surface area contributed by atoms with Crippen LogP contribution in [0.2, 0.25) is 0 Å². The molecule has 0 aliphatic carbocycles. The van der Waals surface area contributed by atoms with Gasteiger partial charge in [-0.15, -0.1) is 0 Å². The second kappa shape index (κ2) is 7.28. The van der Waals surface area contributed by atoms with Crippen LogP contribution in [0.3, 0.4) is 0 Å². The summed E-state index contributed by atoms with van der Waals surface area (Å²) >= 11 is 0. The van der Waals surface area contributed by atoms with Crippen LogP contribution in [0.5, 0.6) is 0 Å². The molecule has 0 fully saturated rings. The standard InChI is InChI=1S/C16H19N3O2/c17-13-7-1-2-8-14(13)18-15(20)9-3-5-11-19-12-6-4-10-16(19)21/h1-2,4,6-8,10,12H,3,5,9,11,17H2,(H,18,20). The summed E-state index contributed by atoms with van der Waals surface area (Å²) in [7, 11) is 0. The molecule has 110 valence electrons. The number of aromatic nitrogens is 1. The van der Waals surface area contributed by atoms with Crippen LogP contribution in [0, 0.1) is 0 Å². The number of nitrogen functional groups attached to an aromatic ring is 1. The molecule has 1 heterocycles. The monoisotopic (exact) mass is 285 g/mol. The average Bonchev–Trinajstić information content (AvgIpc) is 2.48. The maximum atomic E-state index is 11.8. The number of aryl methyl sites for hydroxylation is 1. The van der Waals surface area contributed by atoms with Gasteiger partial charge in [0, 0.05) is 25.2 Å². The van der Waals surface area contributed by atoms with Gasteiger partial charge in [-0.3, -0.25) is 9.59 Å². The summed E-state index contributed by atoms with van der Waals surface area (Å²) in [5.41, 5.74) is 6.95. The number of pyridine rings is 1. The largest absolute Gasteiger partial charge is 0.397 e. The van der Waals surface area contributed by atoms with Crippen molar-refractivity contribution in [3.8, 4) is 0 Å². The number of benzene rings is 1. The number of rotatable bonds is 6. The summed E-state index contributed by atoms with van der Waals surface area (Å²) in [6, 6.07) is 12.2. The van der Waals surface area contributed by atoms with Gasteiger partial charge in [-0.1, -0.05) is 18.2 Å². The van der Waals surface area contributed by atoms with E-state index in [0.29, 0.717) is 24.3 Å². The molecular weight excluding hydrogens is 266 g/mol. The minimum absolute atomic E-state index is 0.0148. The Morgan fingerprint density at radius 1 is 1.10 bits per heavy atom. The molecule has 1 aromatic heterocycles. The molecule has 2 aromatic rings. The molecule has 2 rings (SSSR count).